The van der Waals surface area contributed by atoms with Gasteiger partial charge < -0.3 is 10.4 Å². The molecule has 2 heterocycles. The number of nitrogens with zero attached hydrogens (tertiary/aromatic N) is 1. The molecule has 0 aliphatic carbocycles. The molecule has 2 aromatic carbocycles. The van der Waals surface area contributed by atoms with Crippen LogP contribution in [0.5, 0.6) is 0 Å². The van der Waals surface area contributed by atoms with Crippen molar-refractivity contribution in [2.45, 2.75) is 32.4 Å². The maximum Gasteiger partial charge on any atom is 0.336 e. The van der Waals surface area contributed by atoms with E-state index in [4.69, 9.17) is 0 Å². The van der Waals surface area contributed by atoms with Crippen LogP contribution in [0.4, 0.5) is 0 Å². The van der Waals surface area contributed by atoms with Gasteiger partial charge in [-0.2, -0.15) is 0 Å². The Hall–Kier alpha value is -2.98. The summed E-state index contributed by atoms with van der Waals surface area (Å²) in [5.41, 5.74) is 7.56. The molecule has 0 radical (unpaired) electrons. The standard InChI is InChI=1S/C23H22N2O2/c1-15-4-2-3-5-19(15)16-6-8-20-18(12-16)14-25-22(20)9-7-17-13-24-11-10-21(17)23(26)27/h2-6,8,10-13,22,25H,7,9,14H2,1H3,(H,26,27)/t22-/m0/s1. The van der Waals surface area contributed by atoms with Crippen molar-refractivity contribution in [2.75, 3.05) is 0 Å². The number of benzene rings is 2. The maximum absolute atomic E-state index is 11.4. The quantitative estimate of drug-likeness (QED) is 0.703. The lowest BCUT2D eigenvalue weighted by atomic mass is 9.93. The summed E-state index contributed by atoms with van der Waals surface area (Å²) in [6, 6.07) is 16.9. The van der Waals surface area contributed by atoms with Gasteiger partial charge in [-0.15, -0.1) is 0 Å². The number of aryl methyl sites for hydroxylation is 2. The summed E-state index contributed by atoms with van der Waals surface area (Å²) in [6.07, 6.45) is 4.73. The van der Waals surface area contributed by atoms with Crippen LogP contribution in [0.15, 0.2) is 60.9 Å². The Balaban J connectivity index is 1.53. The van der Waals surface area contributed by atoms with Gasteiger partial charge >= 0.3 is 5.97 Å². The molecule has 4 nitrogen and oxygen atoms in total. The van der Waals surface area contributed by atoms with E-state index in [0.717, 1.165) is 18.5 Å². The fourth-order valence-corrected chi connectivity index (χ4v) is 3.90. The van der Waals surface area contributed by atoms with Gasteiger partial charge in [0.25, 0.3) is 0 Å². The van der Waals surface area contributed by atoms with E-state index in [9.17, 15) is 9.90 Å². The zero-order valence-corrected chi connectivity index (χ0v) is 15.3. The zero-order chi connectivity index (χ0) is 18.8. The summed E-state index contributed by atoms with van der Waals surface area (Å²) < 4.78 is 0. The number of carbonyl (C=O) groups is 1. The Bertz CT molecular complexity index is 997. The topological polar surface area (TPSA) is 62.2 Å². The molecule has 4 heteroatoms. The fraction of sp³-hybridized carbons (Fsp3) is 0.217. The van der Waals surface area contributed by atoms with E-state index >= 15 is 0 Å². The van der Waals surface area contributed by atoms with E-state index in [1.165, 1.54) is 34.0 Å². The molecule has 3 aromatic rings. The van der Waals surface area contributed by atoms with Gasteiger partial charge in [-0.1, -0.05) is 36.4 Å². The number of hydrogen-bond acceptors (Lipinski definition) is 3. The van der Waals surface area contributed by atoms with Crippen molar-refractivity contribution >= 4 is 5.97 Å². The van der Waals surface area contributed by atoms with E-state index in [1.807, 2.05) is 0 Å². The third kappa shape index (κ3) is 3.49. The van der Waals surface area contributed by atoms with Crippen LogP contribution >= 0.6 is 0 Å². The minimum absolute atomic E-state index is 0.243. The third-order valence-corrected chi connectivity index (χ3v) is 5.35. The van der Waals surface area contributed by atoms with Crippen LogP contribution in [-0.4, -0.2) is 16.1 Å². The van der Waals surface area contributed by atoms with Gasteiger partial charge in [0.15, 0.2) is 0 Å². The van der Waals surface area contributed by atoms with Gasteiger partial charge in [0.05, 0.1) is 5.56 Å². The molecule has 0 saturated heterocycles. The first-order valence-corrected chi connectivity index (χ1v) is 9.22. The van der Waals surface area contributed by atoms with Gasteiger partial charge in [0.1, 0.15) is 0 Å². The molecule has 1 aromatic heterocycles. The van der Waals surface area contributed by atoms with Crippen molar-refractivity contribution in [1.29, 1.82) is 0 Å². The monoisotopic (exact) mass is 358 g/mol. The van der Waals surface area contributed by atoms with Crippen LogP contribution < -0.4 is 5.32 Å². The lowest BCUT2D eigenvalue weighted by Gasteiger charge is -2.14. The van der Waals surface area contributed by atoms with Gasteiger partial charge in [0, 0.05) is 25.0 Å². The smallest absolute Gasteiger partial charge is 0.336 e. The number of carboxylic acid groups (broad SMARTS) is 1. The molecule has 0 bridgehead atoms. The molecule has 136 valence electrons. The molecular formula is C23H22N2O2. The molecule has 0 saturated carbocycles. The van der Waals surface area contributed by atoms with Crippen LogP contribution in [0.1, 0.15) is 45.1 Å². The lowest BCUT2D eigenvalue weighted by Crippen LogP contribution is -2.13. The number of aromatic carboxylic acids is 1. The van der Waals surface area contributed by atoms with Gasteiger partial charge in [-0.05, 0) is 65.3 Å². The van der Waals surface area contributed by atoms with Gasteiger partial charge in [-0.3, -0.25) is 4.98 Å². The van der Waals surface area contributed by atoms with Gasteiger partial charge in [0.2, 0.25) is 0 Å². The predicted octanol–water partition coefficient (Wildman–Crippen LogP) is 4.53. The summed E-state index contributed by atoms with van der Waals surface area (Å²) in [5, 5.41) is 12.9. The molecule has 0 fully saturated rings. The minimum Gasteiger partial charge on any atom is -0.478 e. The molecule has 1 atom stereocenters. The van der Waals surface area contributed by atoms with Crippen LogP contribution in [0.25, 0.3) is 11.1 Å². The van der Waals surface area contributed by atoms with E-state index < -0.39 is 5.97 Å². The zero-order valence-electron chi connectivity index (χ0n) is 15.3. The van der Waals surface area contributed by atoms with Crippen LogP contribution in [0.2, 0.25) is 0 Å². The largest absolute Gasteiger partial charge is 0.478 e. The summed E-state index contributed by atoms with van der Waals surface area (Å²) in [6.45, 7) is 2.98. The van der Waals surface area contributed by atoms with Gasteiger partial charge in [-0.25, -0.2) is 4.79 Å². The Morgan fingerprint density at radius 2 is 2.07 bits per heavy atom. The number of hydrogen-bond donors (Lipinski definition) is 2. The highest BCUT2D eigenvalue weighted by atomic mass is 16.4. The number of nitrogens with one attached hydrogen (secondary N) is 1. The predicted molar refractivity (Wildman–Crippen MR) is 106 cm³/mol. The highest BCUT2D eigenvalue weighted by Gasteiger charge is 2.23. The summed E-state index contributed by atoms with van der Waals surface area (Å²) in [5.74, 6) is -0.893. The minimum atomic E-state index is -0.893. The van der Waals surface area contributed by atoms with Crippen LogP contribution in [0.3, 0.4) is 0 Å². The van der Waals surface area contributed by atoms with Crippen molar-refractivity contribution in [3.8, 4) is 11.1 Å². The normalized spacial score (nSPS) is 15.5. The summed E-state index contributed by atoms with van der Waals surface area (Å²) >= 11 is 0. The SMILES string of the molecule is Cc1ccccc1-c1ccc2c(c1)CN[C@H]2CCc1cnccc1C(=O)O. The molecule has 0 spiro atoms. The highest BCUT2D eigenvalue weighted by molar-refractivity contribution is 5.89. The molecule has 4 rings (SSSR count). The molecule has 1 aliphatic heterocycles. The number of pyridine rings is 1. The van der Waals surface area contributed by atoms with Crippen molar-refractivity contribution in [3.63, 3.8) is 0 Å². The Labute approximate surface area is 158 Å². The first-order chi connectivity index (χ1) is 13.1. The van der Waals surface area contributed by atoms with E-state index in [-0.39, 0.29) is 6.04 Å². The van der Waals surface area contributed by atoms with E-state index in [0.29, 0.717) is 12.0 Å². The second-order valence-corrected chi connectivity index (χ2v) is 7.04. The average Bonchev–Trinajstić information content (AvgIpc) is 3.09. The Morgan fingerprint density at radius 3 is 2.89 bits per heavy atom. The van der Waals surface area contributed by atoms with E-state index in [1.54, 1.807) is 12.3 Å². The molecule has 27 heavy (non-hydrogen) atoms. The number of aromatic nitrogens is 1. The first-order valence-electron chi connectivity index (χ1n) is 9.22. The molecular weight excluding hydrogens is 336 g/mol. The highest BCUT2D eigenvalue weighted by Crippen LogP contribution is 2.33. The third-order valence-electron chi connectivity index (χ3n) is 5.35. The van der Waals surface area contributed by atoms with E-state index in [2.05, 4.69) is 59.7 Å². The summed E-state index contributed by atoms with van der Waals surface area (Å²) in [4.78, 5) is 15.5. The second-order valence-electron chi connectivity index (χ2n) is 7.04. The van der Waals surface area contributed by atoms with Crippen molar-refractivity contribution in [3.05, 3.63) is 88.7 Å². The van der Waals surface area contributed by atoms with Crippen molar-refractivity contribution in [1.82, 2.24) is 10.3 Å². The molecule has 0 amide bonds. The fourth-order valence-electron chi connectivity index (χ4n) is 3.90. The van der Waals surface area contributed by atoms with Crippen molar-refractivity contribution in [2.24, 2.45) is 0 Å². The van der Waals surface area contributed by atoms with Crippen molar-refractivity contribution < 1.29 is 9.90 Å². The lowest BCUT2D eigenvalue weighted by molar-refractivity contribution is 0.0695. The first kappa shape index (κ1) is 17.4. The van der Waals surface area contributed by atoms with Crippen LogP contribution in [-0.2, 0) is 13.0 Å². The molecule has 2 N–H and O–H groups in total. The van der Waals surface area contributed by atoms with Crippen LogP contribution in [0, 0.1) is 6.92 Å². The Kier molecular flexibility index (Phi) is 4.73. The summed E-state index contributed by atoms with van der Waals surface area (Å²) in [7, 11) is 0. The number of carboxylic acids is 1. The Morgan fingerprint density at radius 1 is 1.22 bits per heavy atom. The number of fused-ring (bicyclic) bond motifs is 1. The molecule has 1 aliphatic rings. The second kappa shape index (κ2) is 7.33. The number of rotatable bonds is 5. The average molecular weight is 358 g/mol. The molecule has 0 unspecified atom stereocenters. The maximum atomic E-state index is 11.4.